The van der Waals surface area contributed by atoms with Crippen LogP contribution in [0.2, 0.25) is 0 Å². The maximum atomic E-state index is 14.1. The van der Waals surface area contributed by atoms with Crippen molar-refractivity contribution >= 4 is 44.0 Å². The second-order valence-corrected chi connectivity index (χ2v) is 10.9. The molecule has 0 fully saturated rings. The quantitative estimate of drug-likeness (QED) is 0.376. The number of carbonyl (C=O) groups is 2. The molecule has 0 radical (unpaired) electrons. The first kappa shape index (κ1) is 25.9. The minimum Gasteiger partial charge on any atom is -0.345 e. The van der Waals surface area contributed by atoms with Crippen molar-refractivity contribution in [3.8, 4) is 0 Å². The number of rotatable bonds is 7. The van der Waals surface area contributed by atoms with E-state index >= 15 is 0 Å². The highest BCUT2D eigenvalue weighted by atomic mass is 32.2. The maximum absolute atomic E-state index is 14.1. The van der Waals surface area contributed by atoms with Crippen LogP contribution in [0, 0.1) is 13.8 Å². The smallest absolute Gasteiger partial charge is 0.265 e. The second-order valence-electron chi connectivity index (χ2n) is 9.03. The summed E-state index contributed by atoms with van der Waals surface area (Å²) >= 11 is 0. The van der Waals surface area contributed by atoms with Crippen molar-refractivity contribution in [1.82, 2.24) is 4.90 Å². The maximum Gasteiger partial charge on any atom is 0.265 e. The molecule has 0 saturated carbocycles. The second kappa shape index (κ2) is 10.4. The number of fused-ring (bicyclic) bond motifs is 1. The van der Waals surface area contributed by atoms with Crippen LogP contribution in [0.25, 0.3) is 10.8 Å². The van der Waals surface area contributed by atoms with Gasteiger partial charge in [-0.25, -0.2) is 8.42 Å². The number of benzene rings is 4. The fourth-order valence-corrected chi connectivity index (χ4v) is 5.83. The van der Waals surface area contributed by atoms with Gasteiger partial charge in [-0.1, -0.05) is 48.5 Å². The Kier molecular flexibility index (Phi) is 7.31. The van der Waals surface area contributed by atoms with E-state index < -0.39 is 22.5 Å². The highest BCUT2D eigenvalue weighted by Gasteiger charge is 2.30. The van der Waals surface area contributed by atoms with Crippen molar-refractivity contribution in [2.24, 2.45) is 0 Å². The third-order valence-corrected chi connectivity index (χ3v) is 8.09. The number of amides is 2. The zero-order valence-electron chi connectivity index (χ0n) is 21.2. The molecule has 0 unspecified atom stereocenters. The first-order chi connectivity index (χ1) is 17.6. The van der Waals surface area contributed by atoms with Gasteiger partial charge in [0.15, 0.2) is 0 Å². The lowest BCUT2D eigenvalue weighted by atomic mass is 10.1. The third-order valence-electron chi connectivity index (χ3n) is 6.27. The SMILES string of the molecule is Cc1cccc(N(CC(=O)Nc2ccc(C(=O)N(C)C)cc2)S(=O)(=O)c2cccc3ccccc23)c1C. The number of nitrogens with one attached hydrogen (secondary N) is 1. The van der Waals surface area contributed by atoms with Crippen LogP contribution in [0.5, 0.6) is 0 Å². The molecule has 190 valence electrons. The van der Waals surface area contributed by atoms with Gasteiger partial charge < -0.3 is 10.2 Å². The molecule has 0 heterocycles. The van der Waals surface area contributed by atoms with Crippen LogP contribution < -0.4 is 9.62 Å². The van der Waals surface area contributed by atoms with Gasteiger partial charge in [0.2, 0.25) is 5.91 Å². The van der Waals surface area contributed by atoms with Crippen molar-refractivity contribution in [3.05, 3.63) is 102 Å². The lowest BCUT2D eigenvalue weighted by molar-refractivity contribution is -0.114. The van der Waals surface area contributed by atoms with Crippen LogP contribution in [-0.2, 0) is 14.8 Å². The molecule has 8 heteroatoms. The number of hydrogen-bond donors (Lipinski definition) is 1. The predicted octanol–water partition coefficient (Wildman–Crippen LogP) is 4.99. The van der Waals surface area contributed by atoms with Crippen LogP contribution in [0.1, 0.15) is 21.5 Å². The summed E-state index contributed by atoms with van der Waals surface area (Å²) < 4.78 is 29.3. The first-order valence-electron chi connectivity index (χ1n) is 11.8. The molecule has 7 nitrogen and oxygen atoms in total. The number of carbonyl (C=O) groups excluding carboxylic acids is 2. The Morgan fingerprint density at radius 1 is 0.811 bits per heavy atom. The molecule has 37 heavy (non-hydrogen) atoms. The highest BCUT2D eigenvalue weighted by Crippen LogP contribution is 2.32. The largest absolute Gasteiger partial charge is 0.345 e. The summed E-state index contributed by atoms with van der Waals surface area (Å²) in [4.78, 5) is 26.9. The van der Waals surface area contributed by atoms with E-state index in [4.69, 9.17) is 0 Å². The minimum atomic E-state index is -4.11. The van der Waals surface area contributed by atoms with Crippen molar-refractivity contribution in [1.29, 1.82) is 0 Å². The minimum absolute atomic E-state index is 0.130. The summed E-state index contributed by atoms with van der Waals surface area (Å²) in [6.07, 6.45) is 0. The predicted molar refractivity (Wildman–Crippen MR) is 147 cm³/mol. The summed E-state index contributed by atoms with van der Waals surface area (Å²) in [6.45, 7) is 3.32. The first-order valence-corrected chi connectivity index (χ1v) is 13.2. The molecule has 0 aliphatic heterocycles. The van der Waals surface area contributed by atoms with E-state index in [1.807, 2.05) is 38.1 Å². The van der Waals surface area contributed by atoms with Crippen LogP contribution in [0.15, 0.2) is 89.8 Å². The van der Waals surface area contributed by atoms with E-state index in [1.165, 1.54) is 4.90 Å². The molecule has 0 saturated heterocycles. The Morgan fingerprint density at radius 2 is 1.46 bits per heavy atom. The molecule has 4 aromatic carbocycles. The Morgan fingerprint density at radius 3 is 2.16 bits per heavy atom. The van der Waals surface area contributed by atoms with Gasteiger partial charge in [-0.05, 0) is 66.8 Å². The van der Waals surface area contributed by atoms with Gasteiger partial charge in [-0.2, -0.15) is 0 Å². The van der Waals surface area contributed by atoms with Gasteiger partial charge >= 0.3 is 0 Å². The molecule has 1 N–H and O–H groups in total. The van der Waals surface area contributed by atoms with E-state index in [9.17, 15) is 18.0 Å². The number of aryl methyl sites for hydroxylation is 1. The molecular weight excluding hydrogens is 486 g/mol. The van der Waals surface area contributed by atoms with E-state index in [0.29, 0.717) is 22.3 Å². The van der Waals surface area contributed by atoms with Crippen molar-refractivity contribution in [2.75, 3.05) is 30.3 Å². The van der Waals surface area contributed by atoms with Crippen molar-refractivity contribution in [2.45, 2.75) is 18.7 Å². The van der Waals surface area contributed by atoms with Gasteiger partial charge in [0.1, 0.15) is 6.54 Å². The summed E-state index contributed by atoms with van der Waals surface area (Å²) in [6, 6.07) is 24.3. The molecule has 0 aliphatic rings. The summed E-state index contributed by atoms with van der Waals surface area (Å²) in [5.74, 6) is -0.656. The zero-order chi connectivity index (χ0) is 26.7. The molecule has 0 bridgehead atoms. The Labute approximate surface area is 217 Å². The molecule has 0 aliphatic carbocycles. The van der Waals surface area contributed by atoms with Gasteiger partial charge in [0.05, 0.1) is 10.6 Å². The van der Waals surface area contributed by atoms with E-state index in [0.717, 1.165) is 20.8 Å². The number of anilines is 2. The van der Waals surface area contributed by atoms with Crippen LogP contribution in [-0.4, -0.2) is 45.8 Å². The Balaban J connectivity index is 1.70. The molecule has 4 aromatic rings. The normalized spacial score (nSPS) is 11.2. The van der Waals surface area contributed by atoms with Gasteiger partial charge in [0.25, 0.3) is 15.9 Å². The molecule has 0 spiro atoms. The van der Waals surface area contributed by atoms with Crippen LogP contribution in [0.4, 0.5) is 11.4 Å². The van der Waals surface area contributed by atoms with Crippen molar-refractivity contribution < 1.29 is 18.0 Å². The molecule has 4 rings (SSSR count). The average Bonchev–Trinajstić information content (AvgIpc) is 2.88. The number of hydrogen-bond acceptors (Lipinski definition) is 4. The van der Waals surface area contributed by atoms with Crippen molar-refractivity contribution in [3.63, 3.8) is 0 Å². The van der Waals surface area contributed by atoms with E-state index in [-0.39, 0.29) is 10.8 Å². The standard InChI is InChI=1S/C29H29N3O4S/c1-20-9-7-13-26(21(20)2)32(37(35,36)27-14-8-11-22-10-5-6-12-25(22)27)19-28(33)30-24-17-15-23(16-18-24)29(34)31(3)4/h5-18H,19H2,1-4H3,(H,30,33). The van der Waals surface area contributed by atoms with E-state index in [2.05, 4.69) is 5.32 Å². The number of nitrogens with zero attached hydrogens (tertiary/aromatic N) is 2. The fraction of sp³-hybridized carbons (Fsp3) is 0.172. The Bertz CT molecular complexity index is 1570. The molecular formula is C29H29N3O4S. The van der Waals surface area contributed by atoms with E-state index in [1.54, 1.807) is 74.8 Å². The summed E-state index contributed by atoms with van der Waals surface area (Å²) in [5.41, 5.74) is 3.07. The summed E-state index contributed by atoms with van der Waals surface area (Å²) in [5, 5.41) is 4.14. The summed E-state index contributed by atoms with van der Waals surface area (Å²) in [7, 11) is -0.787. The van der Waals surface area contributed by atoms with Gasteiger partial charge in [-0.15, -0.1) is 0 Å². The fourth-order valence-electron chi connectivity index (χ4n) is 4.13. The molecule has 0 aromatic heterocycles. The monoisotopic (exact) mass is 515 g/mol. The van der Waals surface area contributed by atoms with Crippen LogP contribution in [0.3, 0.4) is 0 Å². The Hall–Kier alpha value is -4.17. The lowest BCUT2D eigenvalue weighted by Gasteiger charge is -2.27. The van der Waals surface area contributed by atoms with Gasteiger partial charge in [-0.3, -0.25) is 13.9 Å². The highest BCUT2D eigenvalue weighted by molar-refractivity contribution is 7.93. The molecule has 2 amide bonds. The zero-order valence-corrected chi connectivity index (χ0v) is 22.0. The number of sulfonamides is 1. The lowest BCUT2D eigenvalue weighted by Crippen LogP contribution is -2.38. The average molecular weight is 516 g/mol. The van der Waals surface area contributed by atoms with Crippen LogP contribution >= 0.6 is 0 Å². The van der Waals surface area contributed by atoms with Gasteiger partial charge in [0, 0.05) is 30.7 Å². The third kappa shape index (κ3) is 5.34. The topological polar surface area (TPSA) is 86.8 Å². The molecule has 0 atom stereocenters.